The number of anilines is 1. The second-order valence-electron chi connectivity index (χ2n) is 4.16. The molecular formula is C13H18N2O. The highest BCUT2D eigenvalue weighted by molar-refractivity contribution is 5.59. The third kappa shape index (κ3) is 1.96. The topological polar surface area (TPSA) is 49.5 Å². The van der Waals surface area contributed by atoms with Crippen LogP contribution in [0.3, 0.4) is 0 Å². The molecule has 3 nitrogen and oxygen atoms in total. The van der Waals surface area contributed by atoms with Gasteiger partial charge >= 0.3 is 0 Å². The third-order valence-electron chi connectivity index (χ3n) is 3.07. The first kappa shape index (κ1) is 11.2. The number of benzene rings is 1. The van der Waals surface area contributed by atoms with Crippen molar-refractivity contribution in [3.63, 3.8) is 0 Å². The number of nitrogens with zero attached hydrogens (tertiary/aromatic N) is 1. The van der Waals surface area contributed by atoms with Gasteiger partial charge < -0.3 is 15.7 Å². The Labute approximate surface area is 96.2 Å². The molecule has 0 spiro atoms. The number of rotatable bonds is 4. The number of hydrogen-bond donors (Lipinski definition) is 2. The van der Waals surface area contributed by atoms with Gasteiger partial charge in [-0.3, -0.25) is 0 Å². The van der Waals surface area contributed by atoms with Gasteiger partial charge in [-0.05, 0) is 23.6 Å². The van der Waals surface area contributed by atoms with E-state index in [1.54, 1.807) is 0 Å². The Kier molecular flexibility index (Phi) is 3.27. The molecule has 1 atom stereocenters. The van der Waals surface area contributed by atoms with E-state index in [9.17, 15) is 0 Å². The van der Waals surface area contributed by atoms with Gasteiger partial charge in [0.25, 0.3) is 0 Å². The predicted octanol–water partition coefficient (Wildman–Crippen LogP) is 1.23. The Morgan fingerprint density at radius 3 is 3.06 bits per heavy atom. The van der Waals surface area contributed by atoms with E-state index in [0.29, 0.717) is 0 Å². The Morgan fingerprint density at radius 1 is 1.56 bits per heavy atom. The summed E-state index contributed by atoms with van der Waals surface area (Å²) in [5, 5.41) is 9.02. The highest BCUT2D eigenvalue weighted by Gasteiger charge is 2.18. The molecule has 0 aliphatic carbocycles. The van der Waals surface area contributed by atoms with Crippen molar-refractivity contribution in [3.8, 4) is 0 Å². The van der Waals surface area contributed by atoms with Gasteiger partial charge in [-0.1, -0.05) is 18.2 Å². The molecule has 0 radical (unpaired) electrons. The third-order valence-corrected chi connectivity index (χ3v) is 3.07. The molecule has 3 N–H and O–H groups in total. The van der Waals surface area contributed by atoms with Crippen molar-refractivity contribution in [2.75, 3.05) is 24.6 Å². The van der Waals surface area contributed by atoms with Gasteiger partial charge in [0.15, 0.2) is 0 Å². The zero-order chi connectivity index (χ0) is 11.5. The minimum atomic E-state index is -0.265. The van der Waals surface area contributed by atoms with Crippen LogP contribution in [0.5, 0.6) is 0 Å². The van der Waals surface area contributed by atoms with E-state index in [-0.39, 0.29) is 12.6 Å². The summed E-state index contributed by atoms with van der Waals surface area (Å²) in [5.41, 5.74) is 9.41. The molecule has 0 fully saturated rings. The molecule has 1 aromatic rings. The van der Waals surface area contributed by atoms with E-state index in [1.165, 1.54) is 11.3 Å². The number of fused-ring (bicyclic) bond motifs is 1. The van der Waals surface area contributed by atoms with Gasteiger partial charge in [0.2, 0.25) is 0 Å². The fourth-order valence-electron chi connectivity index (χ4n) is 2.17. The summed E-state index contributed by atoms with van der Waals surface area (Å²) >= 11 is 0. The summed E-state index contributed by atoms with van der Waals surface area (Å²) in [7, 11) is 0. The average Bonchev–Trinajstić information content (AvgIpc) is 2.71. The molecule has 0 saturated carbocycles. The van der Waals surface area contributed by atoms with Crippen LogP contribution in [-0.4, -0.2) is 24.8 Å². The van der Waals surface area contributed by atoms with E-state index < -0.39 is 0 Å². The zero-order valence-corrected chi connectivity index (χ0v) is 9.39. The quantitative estimate of drug-likeness (QED) is 0.747. The first-order valence-corrected chi connectivity index (χ1v) is 5.61. The van der Waals surface area contributed by atoms with Crippen LogP contribution in [-0.2, 0) is 6.42 Å². The number of hydrogen-bond acceptors (Lipinski definition) is 3. The first-order valence-electron chi connectivity index (χ1n) is 5.61. The van der Waals surface area contributed by atoms with Gasteiger partial charge in [-0.25, -0.2) is 0 Å². The molecule has 2 rings (SSSR count). The first-order chi connectivity index (χ1) is 7.76. The van der Waals surface area contributed by atoms with Gasteiger partial charge in [-0.15, -0.1) is 6.58 Å². The lowest BCUT2D eigenvalue weighted by Gasteiger charge is -2.17. The molecule has 0 aromatic heterocycles. The van der Waals surface area contributed by atoms with Crippen molar-refractivity contribution < 1.29 is 5.11 Å². The molecule has 0 bridgehead atoms. The van der Waals surface area contributed by atoms with Crippen LogP contribution >= 0.6 is 0 Å². The largest absolute Gasteiger partial charge is 0.394 e. The summed E-state index contributed by atoms with van der Waals surface area (Å²) < 4.78 is 0. The predicted molar refractivity (Wildman–Crippen MR) is 66.6 cm³/mol. The van der Waals surface area contributed by atoms with Gasteiger partial charge in [-0.2, -0.15) is 0 Å². The Morgan fingerprint density at radius 2 is 2.38 bits per heavy atom. The summed E-state index contributed by atoms with van der Waals surface area (Å²) in [4.78, 5) is 2.30. The molecule has 0 amide bonds. The molecule has 1 aliphatic rings. The smallest absolute Gasteiger partial charge is 0.0624 e. The fraction of sp³-hybridized carbons (Fsp3) is 0.385. The van der Waals surface area contributed by atoms with E-state index in [4.69, 9.17) is 10.8 Å². The van der Waals surface area contributed by atoms with Crippen LogP contribution in [0.4, 0.5) is 5.69 Å². The highest BCUT2D eigenvalue weighted by atomic mass is 16.3. The van der Waals surface area contributed by atoms with Gasteiger partial charge in [0, 0.05) is 18.8 Å². The van der Waals surface area contributed by atoms with Crippen molar-refractivity contribution in [1.29, 1.82) is 0 Å². The maximum Gasteiger partial charge on any atom is 0.0624 e. The summed E-state index contributed by atoms with van der Waals surface area (Å²) in [6, 6.07) is 5.94. The molecule has 0 unspecified atom stereocenters. The van der Waals surface area contributed by atoms with Gasteiger partial charge in [0.1, 0.15) is 0 Å². The SMILES string of the molecule is C=CCN1CCc2cc([C@@H](N)CO)ccc21. The summed E-state index contributed by atoms with van der Waals surface area (Å²) in [6.45, 7) is 5.68. The van der Waals surface area contributed by atoms with Gasteiger partial charge in [0.05, 0.1) is 12.6 Å². The number of aliphatic hydroxyl groups excluding tert-OH is 1. The maximum absolute atomic E-state index is 9.02. The maximum atomic E-state index is 9.02. The van der Waals surface area contributed by atoms with Crippen LogP contribution < -0.4 is 10.6 Å². The van der Waals surface area contributed by atoms with Crippen LogP contribution in [0, 0.1) is 0 Å². The van der Waals surface area contributed by atoms with E-state index >= 15 is 0 Å². The second kappa shape index (κ2) is 4.68. The molecule has 0 saturated heterocycles. The highest BCUT2D eigenvalue weighted by Crippen LogP contribution is 2.29. The van der Waals surface area contributed by atoms with Crippen molar-refractivity contribution >= 4 is 5.69 Å². The molecule has 16 heavy (non-hydrogen) atoms. The molecule has 86 valence electrons. The van der Waals surface area contributed by atoms with E-state index in [2.05, 4.69) is 23.6 Å². The van der Waals surface area contributed by atoms with E-state index in [0.717, 1.165) is 25.1 Å². The van der Waals surface area contributed by atoms with Crippen LogP contribution in [0.2, 0.25) is 0 Å². The lowest BCUT2D eigenvalue weighted by molar-refractivity contribution is 0.268. The van der Waals surface area contributed by atoms with Crippen molar-refractivity contribution in [2.45, 2.75) is 12.5 Å². The molecule has 1 aromatic carbocycles. The summed E-state index contributed by atoms with van der Waals surface area (Å²) in [6.07, 6.45) is 2.97. The number of aliphatic hydroxyl groups is 1. The number of nitrogens with two attached hydrogens (primary N) is 1. The normalized spacial score (nSPS) is 16.0. The zero-order valence-electron chi connectivity index (χ0n) is 9.39. The van der Waals surface area contributed by atoms with Crippen molar-refractivity contribution in [1.82, 2.24) is 0 Å². The van der Waals surface area contributed by atoms with Crippen LogP contribution in [0.1, 0.15) is 17.2 Å². The minimum absolute atomic E-state index is 0.00480. The molecule has 3 heteroatoms. The molecular weight excluding hydrogens is 200 g/mol. The Balaban J connectivity index is 2.25. The molecule has 1 aliphatic heterocycles. The summed E-state index contributed by atoms with van der Waals surface area (Å²) in [5.74, 6) is 0. The van der Waals surface area contributed by atoms with Crippen LogP contribution in [0.15, 0.2) is 30.9 Å². The standard InChI is InChI=1S/C13H18N2O/c1-2-6-15-7-5-11-8-10(12(14)9-16)3-4-13(11)15/h2-4,8,12,16H,1,5-7,9,14H2/t12-/m0/s1. The Bertz CT molecular complexity index is 390. The fourth-order valence-corrected chi connectivity index (χ4v) is 2.17. The minimum Gasteiger partial charge on any atom is -0.394 e. The monoisotopic (exact) mass is 218 g/mol. The van der Waals surface area contributed by atoms with E-state index in [1.807, 2.05) is 12.1 Å². The lowest BCUT2D eigenvalue weighted by atomic mass is 10.0. The molecule has 1 heterocycles. The second-order valence-corrected chi connectivity index (χ2v) is 4.16. The lowest BCUT2D eigenvalue weighted by Crippen LogP contribution is -2.20. The van der Waals surface area contributed by atoms with Crippen molar-refractivity contribution in [3.05, 3.63) is 42.0 Å². The van der Waals surface area contributed by atoms with Crippen molar-refractivity contribution in [2.24, 2.45) is 5.73 Å². The average molecular weight is 218 g/mol. The van der Waals surface area contributed by atoms with Crippen LogP contribution in [0.25, 0.3) is 0 Å². The Hall–Kier alpha value is -1.32.